The topological polar surface area (TPSA) is 88.9 Å². The van der Waals surface area contributed by atoms with Gasteiger partial charge in [-0.1, -0.05) is 41.4 Å². The third kappa shape index (κ3) is 2.16. The number of allylic oxidation sites excluding steroid dienone is 2. The molecular weight excluding hydrogens is 369 g/mol. The van der Waals surface area contributed by atoms with Gasteiger partial charge < -0.3 is 11.1 Å². The molecule has 0 aliphatic carbocycles. The van der Waals surface area contributed by atoms with E-state index in [1.165, 1.54) is 0 Å². The fraction of sp³-hybridized carbons (Fsp3) is 0.0526. The number of benzene rings is 2. The van der Waals surface area contributed by atoms with E-state index in [0.29, 0.717) is 27.0 Å². The van der Waals surface area contributed by atoms with Crippen molar-refractivity contribution in [3.05, 3.63) is 80.9 Å². The lowest BCUT2D eigenvalue weighted by Gasteiger charge is -2.32. The number of nitriles is 2. The van der Waals surface area contributed by atoms with Gasteiger partial charge in [-0.15, -0.1) is 0 Å². The number of nitrogens with two attached hydrogens (primary N) is 1. The normalized spacial score (nSPS) is 18.0. The third-order valence-electron chi connectivity index (χ3n) is 4.50. The number of fused-ring (bicyclic) bond motifs is 3. The predicted molar refractivity (Wildman–Crippen MR) is 101 cm³/mol. The highest BCUT2D eigenvalue weighted by Crippen LogP contribution is 2.49. The number of rotatable bonds is 1. The molecule has 0 saturated carbocycles. The maximum Gasteiger partial charge on any atom is 0.131 e. The number of halogens is 2. The third-order valence-corrected chi connectivity index (χ3v) is 5.16. The van der Waals surface area contributed by atoms with E-state index in [1.54, 1.807) is 23.1 Å². The van der Waals surface area contributed by atoms with Crippen LogP contribution in [0.1, 0.15) is 11.5 Å². The Labute approximate surface area is 160 Å². The molecule has 0 unspecified atom stereocenters. The van der Waals surface area contributed by atoms with Gasteiger partial charge in [0.05, 0.1) is 40.6 Å². The van der Waals surface area contributed by atoms with Gasteiger partial charge in [-0.3, -0.25) is 4.90 Å². The van der Waals surface area contributed by atoms with Crippen LogP contribution in [0.3, 0.4) is 0 Å². The van der Waals surface area contributed by atoms with E-state index in [2.05, 4.69) is 17.5 Å². The first-order valence-electron chi connectivity index (χ1n) is 7.72. The quantitative estimate of drug-likeness (QED) is 0.763. The van der Waals surface area contributed by atoms with Crippen LogP contribution < -0.4 is 16.0 Å². The van der Waals surface area contributed by atoms with Crippen molar-refractivity contribution in [3.8, 4) is 12.1 Å². The van der Waals surface area contributed by atoms with Gasteiger partial charge in [0.25, 0.3) is 0 Å². The van der Waals surface area contributed by atoms with Crippen molar-refractivity contribution in [2.45, 2.75) is 5.92 Å². The van der Waals surface area contributed by atoms with Gasteiger partial charge in [0.15, 0.2) is 0 Å². The molecule has 2 aromatic carbocycles. The average Bonchev–Trinajstić information content (AvgIpc) is 3.01. The molecule has 0 bridgehead atoms. The molecule has 0 amide bonds. The van der Waals surface area contributed by atoms with Crippen LogP contribution in [0.5, 0.6) is 0 Å². The van der Waals surface area contributed by atoms with E-state index in [9.17, 15) is 10.5 Å². The van der Waals surface area contributed by atoms with Crippen LogP contribution in [0.25, 0.3) is 0 Å². The molecule has 0 spiro atoms. The van der Waals surface area contributed by atoms with Crippen LogP contribution in [0, 0.1) is 22.7 Å². The molecule has 26 heavy (non-hydrogen) atoms. The molecule has 1 atom stereocenters. The lowest BCUT2D eigenvalue weighted by Crippen LogP contribution is -2.34. The standard InChI is InChI=1S/C19H11Cl2N5/c20-12-4-3-5-13(21)17(12)16-10(8-22)18(24)26-15-7-2-1-6-14(15)25-19(26)11(16)9-23/h1-7,16,25H,24H2/t16-/m0/s1. The molecule has 2 aliphatic heterocycles. The van der Waals surface area contributed by atoms with Crippen LogP contribution in [0.4, 0.5) is 11.4 Å². The smallest absolute Gasteiger partial charge is 0.131 e. The van der Waals surface area contributed by atoms with Crippen LogP contribution in [-0.4, -0.2) is 0 Å². The summed E-state index contributed by atoms with van der Waals surface area (Å²) in [6.07, 6.45) is 0. The Morgan fingerprint density at radius 1 is 0.962 bits per heavy atom. The highest BCUT2D eigenvalue weighted by molar-refractivity contribution is 6.36. The minimum absolute atomic E-state index is 0.235. The van der Waals surface area contributed by atoms with Crippen LogP contribution in [-0.2, 0) is 0 Å². The summed E-state index contributed by atoms with van der Waals surface area (Å²) in [5.74, 6) is 0.0328. The van der Waals surface area contributed by atoms with Crippen molar-refractivity contribution in [2.24, 2.45) is 5.73 Å². The Balaban J connectivity index is 2.03. The second kappa shape index (κ2) is 6.00. The lowest BCUT2D eigenvalue weighted by atomic mass is 9.83. The highest BCUT2D eigenvalue weighted by atomic mass is 35.5. The van der Waals surface area contributed by atoms with Gasteiger partial charge in [-0.2, -0.15) is 10.5 Å². The second-order valence-electron chi connectivity index (χ2n) is 5.83. The lowest BCUT2D eigenvalue weighted by molar-refractivity contribution is 0.869. The zero-order valence-electron chi connectivity index (χ0n) is 13.3. The summed E-state index contributed by atoms with van der Waals surface area (Å²) in [5.41, 5.74) is 9.00. The molecule has 4 rings (SSSR count). The van der Waals surface area contributed by atoms with Gasteiger partial charge in [0.2, 0.25) is 0 Å². The first-order chi connectivity index (χ1) is 12.6. The fourth-order valence-electron chi connectivity index (χ4n) is 3.38. The number of nitrogens with zero attached hydrogens (tertiary/aromatic N) is 3. The van der Waals surface area contributed by atoms with E-state index < -0.39 is 5.92 Å². The van der Waals surface area contributed by atoms with E-state index in [1.807, 2.05) is 24.3 Å². The van der Waals surface area contributed by atoms with Crippen molar-refractivity contribution < 1.29 is 0 Å². The number of nitrogens with one attached hydrogen (secondary N) is 1. The Morgan fingerprint density at radius 3 is 2.27 bits per heavy atom. The van der Waals surface area contributed by atoms with Gasteiger partial charge in [0.1, 0.15) is 11.6 Å². The molecule has 2 aliphatic rings. The zero-order valence-corrected chi connectivity index (χ0v) is 14.8. The number of para-hydroxylation sites is 2. The number of anilines is 2. The van der Waals surface area contributed by atoms with Gasteiger partial charge in [-0.05, 0) is 24.3 Å². The van der Waals surface area contributed by atoms with Crippen LogP contribution in [0.15, 0.2) is 65.3 Å². The summed E-state index contributed by atoms with van der Waals surface area (Å²) in [7, 11) is 0. The van der Waals surface area contributed by atoms with Crippen molar-refractivity contribution in [1.82, 2.24) is 0 Å². The Hall–Kier alpha value is -3.12. The summed E-state index contributed by atoms with van der Waals surface area (Å²) in [4.78, 5) is 1.69. The molecule has 126 valence electrons. The van der Waals surface area contributed by atoms with Crippen molar-refractivity contribution in [1.29, 1.82) is 10.5 Å². The van der Waals surface area contributed by atoms with Gasteiger partial charge >= 0.3 is 0 Å². The summed E-state index contributed by atoms with van der Waals surface area (Å²) in [6.45, 7) is 0. The summed E-state index contributed by atoms with van der Waals surface area (Å²) in [5, 5.41) is 23.7. The minimum Gasteiger partial charge on any atom is -0.384 e. The molecule has 2 aromatic rings. The fourth-order valence-corrected chi connectivity index (χ4v) is 4.00. The Kier molecular flexibility index (Phi) is 3.77. The maximum absolute atomic E-state index is 9.90. The zero-order chi connectivity index (χ0) is 18.4. The molecule has 3 N–H and O–H groups in total. The van der Waals surface area contributed by atoms with Gasteiger partial charge in [0, 0.05) is 15.6 Å². The van der Waals surface area contributed by atoms with E-state index in [0.717, 1.165) is 11.4 Å². The van der Waals surface area contributed by atoms with Crippen LogP contribution >= 0.6 is 23.2 Å². The summed E-state index contributed by atoms with van der Waals surface area (Å²) >= 11 is 12.7. The first-order valence-corrected chi connectivity index (χ1v) is 8.48. The van der Waals surface area contributed by atoms with Crippen LogP contribution in [0.2, 0.25) is 10.0 Å². The molecule has 0 aromatic heterocycles. The largest absolute Gasteiger partial charge is 0.384 e. The molecule has 7 heteroatoms. The molecule has 0 fully saturated rings. The summed E-state index contributed by atoms with van der Waals surface area (Å²) in [6, 6.07) is 16.9. The Morgan fingerprint density at radius 2 is 1.62 bits per heavy atom. The van der Waals surface area contributed by atoms with Gasteiger partial charge in [-0.25, -0.2) is 0 Å². The highest BCUT2D eigenvalue weighted by Gasteiger charge is 2.41. The monoisotopic (exact) mass is 379 g/mol. The molecular formula is C19H11Cl2N5. The number of hydrogen-bond acceptors (Lipinski definition) is 5. The predicted octanol–water partition coefficient (Wildman–Crippen LogP) is 4.45. The van der Waals surface area contributed by atoms with E-state index >= 15 is 0 Å². The van der Waals surface area contributed by atoms with E-state index in [4.69, 9.17) is 28.9 Å². The SMILES string of the molecule is N#CC1=C(N)N2C(=C(C#N)[C@H]1c1c(Cl)cccc1Cl)Nc1ccccc12. The molecule has 0 saturated heterocycles. The minimum atomic E-state index is -0.737. The maximum atomic E-state index is 9.90. The second-order valence-corrected chi connectivity index (χ2v) is 6.65. The first kappa shape index (κ1) is 16.4. The molecule has 0 radical (unpaired) electrons. The van der Waals surface area contributed by atoms with Crippen molar-refractivity contribution in [3.63, 3.8) is 0 Å². The average molecular weight is 380 g/mol. The van der Waals surface area contributed by atoms with Crippen molar-refractivity contribution >= 4 is 34.6 Å². The number of hydrogen-bond donors (Lipinski definition) is 2. The van der Waals surface area contributed by atoms with Crippen molar-refractivity contribution in [2.75, 3.05) is 10.2 Å². The van der Waals surface area contributed by atoms with E-state index in [-0.39, 0.29) is 11.4 Å². The molecule has 5 nitrogen and oxygen atoms in total. The molecule has 2 heterocycles. The summed E-state index contributed by atoms with van der Waals surface area (Å²) < 4.78 is 0. The Bertz CT molecular complexity index is 1070.